The number of hydrogen-bond donors (Lipinski definition) is 6. The lowest BCUT2D eigenvalue weighted by atomic mass is 9.94. The van der Waals surface area contributed by atoms with E-state index in [1.165, 1.54) is 25.1 Å². The van der Waals surface area contributed by atoms with Crippen LogP contribution in [0.3, 0.4) is 0 Å². The number of nitrogens with two attached hydrogens (primary N) is 1. The number of benzene rings is 2. The summed E-state index contributed by atoms with van der Waals surface area (Å²) in [6.07, 6.45) is 4.61. The number of likely N-dealkylation sites (tertiary alicyclic amines) is 1. The average Bonchev–Trinajstić information content (AvgIpc) is 3.59. The number of carbonyl (C=O) groups is 4. The molecule has 2 aromatic rings. The number of rotatable bonds is 12. The Kier molecular flexibility index (Phi) is 12.3. The van der Waals surface area contributed by atoms with Gasteiger partial charge < -0.3 is 35.8 Å². The summed E-state index contributed by atoms with van der Waals surface area (Å²) in [7, 11) is 0. The van der Waals surface area contributed by atoms with E-state index in [2.05, 4.69) is 5.32 Å². The maximum Gasteiger partial charge on any atom is 0.326 e. The molecule has 246 valence electrons. The fraction of sp³-hybridized carbons (Fsp3) is 0.515. The van der Waals surface area contributed by atoms with Crippen molar-refractivity contribution in [2.24, 2.45) is 11.7 Å². The molecule has 12 nitrogen and oxygen atoms in total. The molecule has 12 heteroatoms. The van der Waals surface area contributed by atoms with Crippen molar-refractivity contribution in [1.29, 1.82) is 0 Å². The standard InChI is InChI=1S/C23H32N2O5.C10H13NO4/c1-3-30-23(29)18(13-12-16-8-5-4-6-9-16)24-15(2)21(26)25-19-11-7-10-17(19)14-20(25)22(27)28;1-10(11,9(14)15)5-6-2-3-7(12)8(13)4-6/h4-6,8-9,15,17-20,24H,3,7,10-14H2,1-2H3,(H,27,28);2-4,12-13H,5,11H2,1H3,(H,14,15)/t15-,17-,18-,19-,20-;10-/m00/s1. The molecule has 2 fully saturated rings. The van der Waals surface area contributed by atoms with E-state index >= 15 is 0 Å². The second-order valence-electron chi connectivity index (χ2n) is 12.0. The van der Waals surface area contributed by atoms with Gasteiger partial charge in [-0.05, 0) is 82.1 Å². The van der Waals surface area contributed by atoms with E-state index in [4.69, 9.17) is 20.7 Å². The Balaban J connectivity index is 0.000000309. The highest BCUT2D eigenvalue weighted by Gasteiger charge is 2.49. The second kappa shape index (κ2) is 15.7. The van der Waals surface area contributed by atoms with Crippen LogP contribution in [-0.4, -0.2) is 85.5 Å². The third-order valence-electron chi connectivity index (χ3n) is 8.43. The number of ether oxygens (including phenoxy) is 1. The third-order valence-corrected chi connectivity index (χ3v) is 8.43. The molecule has 0 aromatic heterocycles. The molecule has 1 heterocycles. The Hall–Kier alpha value is -4.16. The van der Waals surface area contributed by atoms with Crippen LogP contribution in [0.4, 0.5) is 0 Å². The van der Waals surface area contributed by atoms with E-state index in [1.54, 1.807) is 18.7 Å². The van der Waals surface area contributed by atoms with Crippen LogP contribution in [0.5, 0.6) is 11.5 Å². The number of aliphatic carboxylic acids is 2. The SMILES string of the molecule is CCOC(=O)[C@H](CCc1ccccc1)N[C@@H](C)C(=O)N1[C@H](C(=O)O)C[C@@H]2CCC[C@@H]21.C[C@](N)(Cc1ccc(O)c(O)c1)C(=O)O. The van der Waals surface area contributed by atoms with Crippen molar-refractivity contribution >= 4 is 23.8 Å². The number of carboxylic acids is 2. The molecular weight excluding hydrogens is 582 g/mol. The van der Waals surface area contributed by atoms with Gasteiger partial charge in [0.2, 0.25) is 5.91 Å². The van der Waals surface area contributed by atoms with Gasteiger partial charge >= 0.3 is 17.9 Å². The van der Waals surface area contributed by atoms with Gasteiger partial charge in [-0.3, -0.25) is 19.7 Å². The minimum Gasteiger partial charge on any atom is -0.504 e. The highest BCUT2D eigenvalue weighted by atomic mass is 16.5. The van der Waals surface area contributed by atoms with Gasteiger partial charge in [0.05, 0.1) is 12.6 Å². The van der Waals surface area contributed by atoms with Crippen LogP contribution in [0.25, 0.3) is 0 Å². The van der Waals surface area contributed by atoms with Gasteiger partial charge in [-0.1, -0.05) is 42.8 Å². The molecule has 7 N–H and O–H groups in total. The lowest BCUT2D eigenvalue weighted by molar-refractivity contribution is -0.151. The molecule has 1 saturated carbocycles. The number of hydrogen-bond acceptors (Lipinski definition) is 9. The van der Waals surface area contributed by atoms with Crippen LogP contribution in [-0.2, 0) is 36.8 Å². The first-order chi connectivity index (χ1) is 21.2. The van der Waals surface area contributed by atoms with Crippen molar-refractivity contribution in [2.45, 2.75) is 95.4 Å². The Morgan fingerprint density at radius 1 is 1.04 bits per heavy atom. The molecule has 0 unspecified atom stereocenters. The van der Waals surface area contributed by atoms with Gasteiger partial charge in [-0.2, -0.15) is 0 Å². The van der Waals surface area contributed by atoms with Crippen molar-refractivity contribution in [3.63, 3.8) is 0 Å². The van der Waals surface area contributed by atoms with Crippen LogP contribution in [0.2, 0.25) is 0 Å². The summed E-state index contributed by atoms with van der Waals surface area (Å²) in [4.78, 5) is 49.8. The number of aryl methyl sites for hydroxylation is 1. The summed E-state index contributed by atoms with van der Waals surface area (Å²) in [5.74, 6) is -2.96. The highest BCUT2D eigenvalue weighted by molar-refractivity contribution is 5.88. The fourth-order valence-electron chi connectivity index (χ4n) is 6.07. The molecule has 1 aliphatic heterocycles. The molecule has 1 aliphatic carbocycles. The Bertz CT molecular complexity index is 1330. The molecule has 0 spiro atoms. The maximum atomic E-state index is 13.2. The minimum absolute atomic E-state index is 0.00629. The van der Waals surface area contributed by atoms with Crippen LogP contribution in [0, 0.1) is 5.92 Å². The van der Waals surface area contributed by atoms with Crippen LogP contribution >= 0.6 is 0 Å². The molecule has 1 saturated heterocycles. The molecule has 4 rings (SSSR count). The van der Waals surface area contributed by atoms with Gasteiger partial charge in [0.25, 0.3) is 0 Å². The molecule has 1 amide bonds. The van der Waals surface area contributed by atoms with E-state index in [0.29, 0.717) is 24.8 Å². The van der Waals surface area contributed by atoms with Gasteiger partial charge in [0, 0.05) is 12.5 Å². The first-order valence-corrected chi connectivity index (χ1v) is 15.3. The number of phenols is 2. The number of esters is 1. The van der Waals surface area contributed by atoms with Crippen LogP contribution < -0.4 is 11.1 Å². The summed E-state index contributed by atoms with van der Waals surface area (Å²) in [6, 6.07) is 11.9. The normalized spacial score (nSPS) is 21.4. The first kappa shape index (κ1) is 35.3. The smallest absolute Gasteiger partial charge is 0.326 e. The monoisotopic (exact) mass is 627 g/mol. The van der Waals surface area contributed by atoms with Crippen molar-refractivity contribution in [2.75, 3.05) is 6.61 Å². The minimum atomic E-state index is -1.39. The molecular formula is C33H45N3O9. The first-order valence-electron chi connectivity index (χ1n) is 15.3. The lowest BCUT2D eigenvalue weighted by Gasteiger charge is -2.31. The summed E-state index contributed by atoms with van der Waals surface area (Å²) < 4.78 is 5.21. The molecule has 6 atom stereocenters. The largest absolute Gasteiger partial charge is 0.504 e. The summed E-state index contributed by atoms with van der Waals surface area (Å²) in [5, 5.41) is 39.8. The lowest BCUT2D eigenvalue weighted by Crippen LogP contribution is -2.55. The zero-order valence-electron chi connectivity index (χ0n) is 26.0. The number of phenolic OH excluding ortho intramolecular Hbond substituents is 2. The molecule has 2 aromatic carbocycles. The van der Waals surface area contributed by atoms with Crippen LogP contribution in [0.1, 0.15) is 64.0 Å². The fourth-order valence-corrected chi connectivity index (χ4v) is 6.07. The van der Waals surface area contributed by atoms with Crippen molar-refractivity contribution < 1.29 is 44.3 Å². The highest BCUT2D eigenvalue weighted by Crippen LogP contribution is 2.41. The zero-order chi connectivity index (χ0) is 33.3. The summed E-state index contributed by atoms with van der Waals surface area (Å²) >= 11 is 0. The Morgan fingerprint density at radius 2 is 1.73 bits per heavy atom. The van der Waals surface area contributed by atoms with E-state index in [0.717, 1.165) is 24.8 Å². The van der Waals surface area contributed by atoms with Crippen LogP contribution in [0.15, 0.2) is 48.5 Å². The summed E-state index contributed by atoms with van der Waals surface area (Å²) in [6.45, 7) is 5.11. The predicted octanol–water partition coefficient (Wildman–Crippen LogP) is 2.83. The maximum absolute atomic E-state index is 13.2. The van der Waals surface area contributed by atoms with Gasteiger partial charge in [-0.15, -0.1) is 0 Å². The van der Waals surface area contributed by atoms with E-state index < -0.39 is 35.6 Å². The van der Waals surface area contributed by atoms with Crippen molar-refractivity contribution in [1.82, 2.24) is 10.2 Å². The Labute approximate surface area is 263 Å². The number of carbonyl (C=O) groups excluding carboxylic acids is 2. The Morgan fingerprint density at radius 3 is 2.33 bits per heavy atom. The average molecular weight is 628 g/mol. The van der Waals surface area contributed by atoms with Crippen molar-refractivity contribution in [3.8, 4) is 11.5 Å². The number of fused-ring (bicyclic) bond motifs is 1. The topological polar surface area (TPSA) is 200 Å². The van der Waals surface area contributed by atoms with Gasteiger partial charge in [-0.25, -0.2) is 4.79 Å². The number of carboxylic acid groups (broad SMARTS) is 2. The van der Waals surface area contributed by atoms with Gasteiger partial charge in [0.15, 0.2) is 11.5 Å². The molecule has 0 bridgehead atoms. The molecule has 45 heavy (non-hydrogen) atoms. The zero-order valence-corrected chi connectivity index (χ0v) is 26.0. The van der Waals surface area contributed by atoms with Gasteiger partial charge in [0.1, 0.15) is 17.6 Å². The second-order valence-corrected chi connectivity index (χ2v) is 12.0. The number of aromatic hydroxyl groups is 2. The van der Waals surface area contributed by atoms with E-state index in [-0.39, 0.29) is 48.4 Å². The molecule has 2 aliphatic rings. The predicted molar refractivity (Wildman–Crippen MR) is 166 cm³/mol. The van der Waals surface area contributed by atoms with Crippen molar-refractivity contribution in [3.05, 3.63) is 59.7 Å². The van der Waals surface area contributed by atoms with E-state index in [1.807, 2.05) is 30.3 Å². The third kappa shape index (κ3) is 9.41. The van der Waals surface area contributed by atoms with E-state index in [9.17, 15) is 29.4 Å². The number of nitrogens with zero attached hydrogens (tertiary/aromatic N) is 1. The number of amides is 1. The number of nitrogens with one attached hydrogen (secondary N) is 1. The quantitative estimate of drug-likeness (QED) is 0.149. The molecule has 0 radical (unpaired) electrons. The summed E-state index contributed by atoms with van der Waals surface area (Å²) in [5.41, 5.74) is 5.81.